The van der Waals surface area contributed by atoms with Gasteiger partial charge < -0.3 is 2.85 Å². The van der Waals surface area contributed by atoms with Crippen molar-refractivity contribution in [3.8, 4) is 0 Å². The molecule has 0 radical (unpaired) electrons. The third-order valence-corrected chi connectivity index (χ3v) is 0. The SMILES string of the molecule is [GeH4].[H-].[H-].[Mg+2].[O]=[W]. The molecule has 4 heteroatoms. The van der Waals surface area contributed by atoms with Gasteiger partial charge in [0.15, 0.2) is 0 Å². The topological polar surface area (TPSA) is 17.1 Å². The molecule has 0 N–H and O–H groups in total. The summed E-state index contributed by atoms with van der Waals surface area (Å²) in [6, 6.07) is 0. The molecule has 0 aliphatic rings. The van der Waals surface area contributed by atoms with E-state index in [-0.39, 0.29) is 43.5 Å². The predicted molar refractivity (Wildman–Crippen MR) is 20.0 cm³/mol. The van der Waals surface area contributed by atoms with Crippen LogP contribution in [0.4, 0.5) is 0 Å². The van der Waals surface area contributed by atoms with Crippen molar-refractivity contribution in [3.63, 3.8) is 0 Å². The second-order valence-electron chi connectivity index (χ2n) is 0. The summed E-state index contributed by atoms with van der Waals surface area (Å²) < 4.78 is 8.33. The minimum atomic E-state index is 0. The van der Waals surface area contributed by atoms with Gasteiger partial charge in [0.25, 0.3) is 0 Å². The van der Waals surface area contributed by atoms with E-state index < -0.39 is 0 Å². The van der Waals surface area contributed by atoms with Gasteiger partial charge >= 0.3 is 63.8 Å². The first-order chi connectivity index (χ1) is 1.00. The van der Waals surface area contributed by atoms with Gasteiger partial charge in [-0.25, -0.2) is 0 Å². The molecule has 0 saturated carbocycles. The zero-order valence-corrected chi connectivity index (χ0v) is 5.87. The Morgan fingerprint density at radius 3 is 1.50 bits per heavy atom. The molecule has 0 aromatic rings. The molecule has 4 heavy (non-hydrogen) atoms. The van der Waals surface area contributed by atoms with Crippen molar-refractivity contribution in [2.45, 2.75) is 0 Å². The monoisotopic (exact) mass is 304 g/mol. The Morgan fingerprint density at radius 2 is 1.50 bits per heavy atom. The van der Waals surface area contributed by atoms with Crippen LogP contribution in [0.3, 0.4) is 0 Å². The van der Waals surface area contributed by atoms with Gasteiger partial charge in [0.1, 0.15) is 0 Å². The van der Waals surface area contributed by atoms with Crippen LogP contribution in [0, 0.1) is 0 Å². The Morgan fingerprint density at radius 1 is 1.50 bits per heavy atom. The number of hydrogen-bond acceptors (Lipinski definition) is 1. The van der Waals surface area contributed by atoms with Crippen LogP contribution in [-0.4, -0.2) is 40.6 Å². The van der Waals surface area contributed by atoms with Crippen molar-refractivity contribution >= 4 is 40.6 Å². The summed E-state index contributed by atoms with van der Waals surface area (Å²) in [6.07, 6.45) is 0. The van der Waals surface area contributed by atoms with Crippen LogP contribution in [0.15, 0.2) is 0 Å². The van der Waals surface area contributed by atoms with Crippen molar-refractivity contribution in [3.05, 3.63) is 0 Å². The average molecular weight is 303 g/mol. The maximum absolute atomic E-state index is 8.33. The summed E-state index contributed by atoms with van der Waals surface area (Å²) in [4.78, 5) is 0. The molecule has 0 aliphatic heterocycles. The average Bonchev–Trinajstić information content (AvgIpc) is 1.00. The van der Waals surface area contributed by atoms with E-state index in [1.54, 1.807) is 0 Å². The zero-order chi connectivity index (χ0) is 2.00. The standard InChI is InChI=1S/GeH4.Mg.O.W.2H/h1H4;;;;;/q;+2;;;2*-1. The molecule has 24 valence electrons. The summed E-state index contributed by atoms with van der Waals surface area (Å²) in [5.74, 6) is 0. The van der Waals surface area contributed by atoms with Gasteiger partial charge in [-0.2, -0.15) is 0 Å². The molecule has 1 nitrogen and oxygen atoms in total. The van der Waals surface area contributed by atoms with E-state index in [2.05, 4.69) is 0 Å². The molecule has 0 rings (SSSR count). The number of hydrogen-bond donors (Lipinski definition) is 0. The summed E-state index contributed by atoms with van der Waals surface area (Å²) in [7, 11) is 0. The molecule has 0 aromatic carbocycles. The summed E-state index contributed by atoms with van der Waals surface area (Å²) in [5, 5.41) is 0. The Labute approximate surface area is 66.2 Å². The van der Waals surface area contributed by atoms with Crippen molar-refractivity contribution in [1.82, 2.24) is 0 Å². The van der Waals surface area contributed by atoms with E-state index >= 15 is 0 Å². The maximum atomic E-state index is 8.33. The van der Waals surface area contributed by atoms with Crippen molar-refractivity contribution in [2.24, 2.45) is 0 Å². The molecule has 0 amide bonds. The van der Waals surface area contributed by atoms with Crippen LogP contribution in [0.2, 0.25) is 0 Å². The van der Waals surface area contributed by atoms with Crippen molar-refractivity contribution in [2.75, 3.05) is 0 Å². The van der Waals surface area contributed by atoms with Crippen molar-refractivity contribution < 1.29 is 26.0 Å². The van der Waals surface area contributed by atoms with Gasteiger partial charge in [-0.05, 0) is 0 Å². The third-order valence-electron chi connectivity index (χ3n) is 0. The summed E-state index contributed by atoms with van der Waals surface area (Å²) in [6.45, 7) is 0. The third kappa shape index (κ3) is 9.20. The van der Waals surface area contributed by atoms with E-state index in [0.717, 1.165) is 0 Å². The van der Waals surface area contributed by atoms with E-state index in [1.807, 2.05) is 0 Å². The summed E-state index contributed by atoms with van der Waals surface area (Å²) >= 11 is 0.333. The Balaban J connectivity index is -0.000000000833. The molecule has 0 aromatic heterocycles. The van der Waals surface area contributed by atoms with Crippen LogP contribution >= 0.6 is 0 Å². The van der Waals surface area contributed by atoms with Crippen LogP contribution in [-0.2, 0) is 23.2 Å². The van der Waals surface area contributed by atoms with E-state index in [0.29, 0.717) is 19.8 Å². The first-order valence-electron chi connectivity index (χ1n) is 0.167. The van der Waals surface area contributed by atoms with Gasteiger partial charge in [-0.15, -0.1) is 0 Å². The first-order valence-corrected chi connectivity index (χ1v) is 1.36. The van der Waals surface area contributed by atoms with Gasteiger partial charge in [0.2, 0.25) is 0 Å². The molecule has 0 atom stereocenters. The minimum absolute atomic E-state index is 0. The summed E-state index contributed by atoms with van der Waals surface area (Å²) in [5.41, 5.74) is 0. The Bertz CT molecular complexity index is 13.5. The fourth-order valence-corrected chi connectivity index (χ4v) is 0. The quantitative estimate of drug-likeness (QED) is 0.486. The predicted octanol–water partition coefficient (Wildman–Crippen LogP) is -1.73. The number of rotatable bonds is 0. The van der Waals surface area contributed by atoms with Gasteiger partial charge in [0.05, 0.1) is 0 Å². The molecule has 0 spiro atoms. The molecular formula is H6GeMgOW. The zero-order valence-electron chi connectivity index (χ0n) is 3.52. The van der Waals surface area contributed by atoms with Crippen molar-refractivity contribution in [1.29, 1.82) is 0 Å². The molecule has 0 fully saturated rings. The van der Waals surface area contributed by atoms with Gasteiger partial charge in [-0.3, -0.25) is 0 Å². The van der Waals surface area contributed by atoms with Gasteiger partial charge in [-0.1, -0.05) is 0 Å². The molecule has 0 aliphatic carbocycles. The first kappa shape index (κ1) is 17.1. The van der Waals surface area contributed by atoms with Crippen LogP contribution in [0.1, 0.15) is 2.85 Å². The van der Waals surface area contributed by atoms with Gasteiger partial charge in [0, 0.05) is 0 Å². The fraction of sp³-hybridized carbons (Fsp3) is 0. The normalized spacial score (nSPS) is 1.00. The van der Waals surface area contributed by atoms with E-state index in [9.17, 15) is 0 Å². The molecule has 0 heterocycles. The second-order valence-corrected chi connectivity index (χ2v) is 0. The fourth-order valence-electron chi connectivity index (χ4n) is 0. The Kier molecular flexibility index (Phi) is 91.3. The van der Waals surface area contributed by atoms with E-state index in [4.69, 9.17) is 3.40 Å². The van der Waals surface area contributed by atoms with E-state index in [1.165, 1.54) is 0 Å². The molecule has 0 bridgehead atoms. The van der Waals surface area contributed by atoms with Crippen LogP contribution in [0.25, 0.3) is 0 Å². The molecule has 0 saturated heterocycles. The second kappa shape index (κ2) is 21.4. The molecular weight excluding hydrogens is 297 g/mol. The van der Waals surface area contributed by atoms with Crippen LogP contribution < -0.4 is 0 Å². The molecule has 0 unspecified atom stereocenters. The Hall–Kier alpha value is 1.80. The van der Waals surface area contributed by atoms with Crippen LogP contribution in [0.5, 0.6) is 0 Å².